The van der Waals surface area contributed by atoms with Gasteiger partial charge in [-0.2, -0.15) is 0 Å². The molecule has 6 heteroatoms. The minimum atomic E-state index is -0.268. The highest BCUT2D eigenvalue weighted by Crippen LogP contribution is 2.27. The molecule has 0 bridgehead atoms. The van der Waals surface area contributed by atoms with Gasteiger partial charge < -0.3 is 20.3 Å². The highest BCUT2D eigenvalue weighted by atomic mass is 79.9. The van der Waals surface area contributed by atoms with Gasteiger partial charge in [0.05, 0.1) is 13.2 Å². The topological polar surface area (TPSA) is 53.6 Å². The monoisotopic (exact) mass is 355 g/mol. The number of hydrogen-bond donors (Lipinski definition) is 2. The van der Waals surface area contributed by atoms with Crippen molar-refractivity contribution in [1.29, 1.82) is 0 Å². The first-order valence-electron chi connectivity index (χ1n) is 7.22. The molecule has 1 aliphatic rings. The first-order valence-corrected chi connectivity index (χ1v) is 8.01. The van der Waals surface area contributed by atoms with E-state index in [0.29, 0.717) is 19.8 Å². The fourth-order valence-corrected chi connectivity index (χ4v) is 2.98. The van der Waals surface area contributed by atoms with Crippen LogP contribution in [0.25, 0.3) is 0 Å². The number of nitrogens with zero attached hydrogens (tertiary/aromatic N) is 1. The predicted molar refractivity (Wildman–Crippen MR) is 87.5 cm³/mol. The highest BCUT2D eigenvalue weighted by molar-refractivity contribution is 9.10. The Morgan fingerprint density at radius 2 is 2.33 bits per heavy atom. The largest absolute Gasteiger partial charge is 0.377 e. The van der Waals surface area contributed by atoms with Gasteiger partial charge in [0.15, 0.2) is 0 Å². The van der Waals surface area contributed by atoms with E-state index in [1.807, 2.05) is 20.0 Å². The van der Waals surface area contributed by atoms with E-state index in [9.17, 15) is 4.79 Å². The molecule has 1 aromatic carbocycles. The van der Waals surface area contributed by atoms with E-state index >= 15 is 0 Å². The molecule has 1 amide bonds. The second kappa shape index (κ2) is 7.77. The average Bonchev–Trinajstić information content (AvgIpc) is 2.48. The SMILES string of the molecule is CCNC(=O)C1COCCN1c1ccc(Br)cc1CNC. The summed E-state index contributed by atoms with van der Waals surface area (Å²) in [5, 5.41) is 6.07. The van der Waals surface area contributed by atoms with Gasteiger partial charge in [-0.05, 0) is 37.7 Å². The van der Waals surface area contributed by atoms with Gasteiger partial charge in [-0.25, -0.2) is 0 Å². The number of amides is 1. The molecule has 0 radical (unpaired) electrons. The second-order valence-corrected chi connectivity index (χ2v) is 5.90. The van der Waals surface area contributed by atoms with Crippen molar-refractivity contribution < 1.29 is 9.53 Å². The lowest BCUT2D eigenvalue weighted by atomic mass is 10.1. The molecule has 0 aromatic heterocycles. The number of nitrogens with one attached hydrogen (secondary N) is 2. The maximum atomic E-state index is 12.3. The number of morpholine rings is 1. The van der Waals surface area contributed by atoms with Gasteiger partial charge in [-0.1, -0.05) is 15.9 Å². The molecule has 0 saturated carbocycles. The molecule has 1 saturated heterocycles. The Morgan fingerprint density at radius 3 is 3.05 bits per heavy atom. The summed E-state index contributed by atoms with van der Waals surface area (Å²) in [6.45, 7) is 5.12. The summed E-state index contributed by atoms with van der Waals surface area (Å²) in [6, 6.07) is 5.90. The molecular weight excluding hydrogens is 334 g/mol. The number of carbonyl (C=O) groups is 1. The standard InChI is InChI=1S/C15H22BrN3O2/c1-3-18-15(20)14-10-21-7-6-19(14)13-5-4-12(16)8-11(13)9-17-2/h4-5,8,14,17H,3,6-7,9-10H2,1-2H3,(H,18,20). The number of hydrogen-bond acceptors (Lipinski definition) is 4. The van der Waals surface area contributed by atoms with E-state index in [4.69, 9.17) is 4.74 Å². The molecule has 1 aliphatic heterocycles. The number of ether oxygens (including phenoxy) is 1. The molecule has 5 nitrogen and oxygen atoms in total. The van der Waals surface area contributed by atoms with Gasteiger partial charge in [-0.3, -0.25) is 4.79 Å². The molecule has 2 rings (SSSR count). The lowest BCUT2D eigenvalue weighted by Gasteiger charge is -2.37. The Morgan fingerprint density at radius 1 is 1.52 bits per heavy atom. The maximum absolute atomic E-state index is 12.3. The molecule has 116 valence electrons. The molecule has 1 aromatic rings. The number of rotatable bonds is 5. The van der Waals surface area contributed by atoms with Crippen molar-refractivity contribution in [1.82, 2.24) is 10.6 Å². The quantitative estimate of drug-likeness (QED) is 0.840. The number of halogens is 1. The molecule has 1 atom stereocenters. The van der Waals surface area contributed by atoms with Gasteiger partial charge in [-0.15, -0.1) is 0 Å². The van der Waals surface area contributed by atoms with Crippen LogP contribution in [0.5, 0.6) is 0 Å². The van der Waals surface area contributed by atoms with Gasteiger partial charge in [0, 0.05) is 29.8 Å². The third-order valence-corrected chi connectivity index (χ3v) is 3.99. The third kappa shape index (κ3) is 3.96. The van der Waals surface area contributed by atoms with Crippen LogP contribution in [0.3, 0.4) is 0 Å². The summed E-state index contributed by atoms with van der Waals surface area (Å²) in [6.07, 6.45) is 0. The second-order valence-electron chi connectivity index (χ2n) is 4.98. The van der Waals surface area contributed by atoms with Crippen molar-refractivity contribution >= 4 is 27.5 Å². The van der Waals surface area contributed by atoms with Crippen molar-refractivity contribution in [2.24, 2.45) is 0 Å². The van der Waals surface area contributed by atoms with Gasteiger partial charge >= 0.3 is 0 Å². The normalized spacial score (nSPS) is 18.6. The lowest BCUT2D eigenvalue weighted by molar-refractivity contribution is -0.124. The number of anilines is 1. The van der Waals surface area contributed by atoms with Crippen molar-refractivity contribution in [2.45, 2.75) is 19.5 Å². The van der Waals surface area contributed by atoms with Crippen molar-refractivity contribution in [3.05, 3.63) is 28.2 Å². The van der Waals surface area contributed by atoms with E-state index in [1.165, 1.54) is 5.56 Å². The Bertz CT molecular complexity index is 496. The molecule has 1 unspecified atom stereocenters. The molecule has 1 heterocycles. The molecule has 0 spiro atoms. The van der Waals surface area contributed by atoms with Crippen LogP contribution >= 0.6 is 15.9 Å². The molecule has 2 N–H and O–H groups in total. The van der Waals surface area contributed by atoms with Crippen molar-refractivity contribution in [3.8, 4) is 0 Å². The van der Waals surface area contributed by atoms with Gasteiger partial charge in [0.25, 0.3) is 0 Å². The summed E-state index contributed by atoms with van der Waals surface area (Å²) in [5.41, 5.74) is 2.26. The summed E-state index contributed by atoms with van der Waals surface area (Å²) in [5.74, 6) is 0.0236. The summed E-state index contributed by atoms with van der Waals surface area (Å²) in [4.78, 5) is 14.4. The summed E-state index contributed by atoms with van der Waals surface area (Å²) < 4.78 is 6.54. The molecule has 0 aliphatic carbocycles. The smallest absolute Gasteiger partial charge is 0.245 e. The zero-order valence-corrected chi connectivity index (χ0v) is 14.1. The van der Waals surface area contributed by atoms with Crippen molar-refractivity contribution in [3.63, 3.8) is 0 Å². The van der Waals surface area contributed by atoms with Crippen LogP contribution in [0.15, 0.2) is 22.7 Å². The number of benzene rings is 1. The third-order valence-electron chi connectivity index (χ3n) is 3.50. The minimum Gasteiger partial charge on any atom is -0.377 e. The van der Waals surface area contributed by atoms with Crippen LogP contribution in [-0.2, 0) is 16.1 Å². The minimum absolute atomic E-state index is 0.0236. The summed E-state index contributed by atoms with van der Waals surface area (Å²) >= 11 is 3.51. The average molecular weight is 356 g/mol. The first-order chi connectivity index (χ1) is 10.2. The zero-order chi connectivity index (χ0) is 15.2. The maximum Gasteiger partial charge on any atom is 0.245 e. The Kier molecular flexibility index (Phi) is 6.02. The Hall–Kier alpha value is -1.11. The van der Waals surface area contributed by atoms with Crippen LogP contribution in [0.4, 0.5) is 5.69 Å². The lowest BCUT2D eigenvalue weighted by Crippen LogP contribution is -2.54. The van der Waals surface area contributed by atoms with E-state index in [2.05, 4.69) is 43.6 Å². The first kappa shape index (κ1) is 16.3. The van der Waals surface area contributed by atoms with E-state index < -0.39 is 0 Å². The van der Waals surface area contributed by atoms with Crippen LogP contribution in [0.1, 0.15) is 12.5 Å². The molecule has 21 heavy (non-hydrogen) atoms. The fraction of sp³-hybridized carbons (Fsp3) is 0.533. The van der Waals surface area contributed by atoms with Gasteiger partial charge in [0.1, 0.15) is 6.04 Å². The predicted octanol–water partition coefficient (Wildman–Crippen LogP) is 1.51. The molecule has 1 fully saturated rings. The van der Waals surface area contributed by atoms with Gasteiger partial charge in [0.2, 0.25) is 5.91 Å². The van der Waals surface area contributed by atoms with Crippen molar-refractivity contribution in [2.75, 3.05) is 38.3 Å². The highest BCUT2D eigenvalue weighted by Gasteiger charge is 2.30. The number of likely N-dealkylation sites (N-methyl/N-ethyl adjacent to an activating group) is 1. The van der Waals surface area contributed by atoms with Crippen LogP contribution in [0, 0.1) is 0 Å². The zero-order valence-electron chi connectivity index (χ0n) is 12.5. The van der Waals surface area contributed by atoms with Crippen LogP contribution in [0.2, 0.25) is 0 Å². The van der Waals surface area contributed by atoms with E-state index in [0.717, 1.165) is 23.2 Å². The van der Waals surface area contributed by atoms with Crippen LogP contribution in [-0.4, -0.2) is 45.3 Å². The van der Waals surface area contributed by atoms with E-state index in [-0.39, 0.29) is 11.9 Å². The van der Waals surface area contributed by atoms with E-state index in [1.54, 1.807) is 0 Å². The summed E-state index contributed by atoms with van der Waals surface area (Å²) in [7, 11) is 1.92. The fourth-order valence-electron chi connectivity index (χ4n) is 2.57. The number of carbonyl (C=O) groups excluding carboxylic acids is 1. The van der Waals surface area contributed by atoms with Crippen LogP contribution < -0.4 is 15.5 Å². The Labute approximate surface area is 134 Å². The molecular formula is C15H22BrN3O2. The Balaban J connectivity index is 2.30.